The van der Waals surface area contributed by atoms with Gasteiger partial charge < -0.3 is 5.11 Å². The number of hydrogen-bond donors (Lipinski definition) is 1. The third kappa shape index (κ3) is 1.97. The van der Waals surface area contributed by atoms with Crippen LogP contribution in [0.2, 0.25) is 0 Å². The minimum absolute atomic E-state index is 0.0334. The number of aldehydes is 1. The lowest BCUT2D eigenvalue weighted by molar-refractivity contribution is 0.112. The maximum absolute atomic E-state index is 11.1. The second-order valence-electron chi connectivity index (χ2n) is 4.30. The summed E-state index contributed by atoms with van der Waals surface area (Å²) >= 11 is 1.42. The van der Waals surface area contributed by atoms with E-state index in [-0.39, 0.29) is 6.61 Å². The quantitative estimate of drug-likeness (QED) is 0.732. The summed E-state index contributed by atoms with van der Waals surface area (Å²) < 4.78 is 0. The van der Waals surface area contributed by atoms with Crippen LogP contribution in [0.4, 0.5) is 0 Å². The Morgan fingerprint density at radius 1 is 1.11 bits per heavy atom. The van der Waals surface area contributed by atoms with Gasteiger partial charge >= 0.3 is 0 Å². The molecule has 0 atom stereocenters. The summed E-state index contributed by atoms with van der Waals surface area (Å²) in [5.41, 5.74) is 2.71. The topological polar surface area (TPSA) is 37.3 Å². The summed E-state index contributed by atoms with van der Waals surface area (Å²) in [6.45, 7) is -0.0334. The number of aliphatic hydroxyl groups is 1. The van der Waals surface area contributed by atoms with Crippen LogP contribution in [0.15, 0.2) is 47.8 Å². The summed E-state index contributed by atoms with van der Waals surface area (Å²) in [7, 11) is 0. The van der Waals surface area contributed by atoms with E-state index in [1.807, 2.05) is 47.8 Å². The molecule has 0 fully saturated rings. The smallest absolute Gasteiger partial charge is 0.160 e. The van der Waals surface area contributed by atoms with Crippen molar-refractivity contribution in [3.63, 3.8) is 0 Å². The first-order valence-electron chi connectivity index (χ1n) is 5.99. The minimum Gasteiger partial charge on any atom is -0.392 e. The predicted octanol–water partition coefficient (Wildman–Crippen LogP) is 3.87. The minimum atomic E-state index is -0.0334. The van der Waals surface area contributed by atoms with E-state index in [0.29, 0.717) is 4.88 Å². The number of hydrogen-bond acceptors (Lipinski definition) is 3. The van der Waals surface area contributed by atoms with Gasteiger partial charge in [0.25, 0.3) is 0 Å². The molecule has 94 valence electrons. The van der Waals surface area contributed by atoms with Gasteiger partial charge in [-0.25, -0.2) is 0 Å². The van der Waals surface area contributed by atoms with Crippen LogP contribution in [0, 0.1) is 0 Å². The highest BCUT2D eigenvalue weighted by Gasteiger charge is 2.13. The summed E-state index contributed by atoms with van der Waals surface area (Å²) in [6, 6.07) is 13.9. The van der Waals surface area contributed by atoms with Crippen LogP contribution in [-0.4, -0.2) is 11.4 Å². The van der Waals surface area contributed by atoms with Crippen LogP contribution in [0.5, 0.6) is 0 Å². The molecule has 3 aromatic rings. The van der Waals surface area contributed by atoms with Crippen molar-refractivity contribution >= 4 is 28.4 Å². The summed E-state index contributed by atoms with van der Waals surface area (Å²) in [5, 5.41) is 13.6. The van der Waals surface area contributed by atoms with Crippen LogP contribution in [0.25, 0.3) is 21.9 Å². The fraction of sp³-hybridized carbons (Fsp3) is 0.0625. The van der Waals surface area contributed by atoms with Crippen molar-refractivity contribution in [3.05, 3.63) is 58.3 Å². The first-order valence-corrected chi connectivity index (χ1v) is 6.87. The van der Waals surface area contributed by atoms with Gasteiger partial charge in [0.1, 0.15) is 0 Å². The largest absolute Gasteiger partial charge is 0.392 e. The molecule has 0 saturated carbocycles. The van der Waals surface area contributed by atoms with Crippen molar-refractivity contribution in [1.29, 1.82) is 0 Å². The standard InChI is InChI=1S/C16H12O2S/c17-9-12-6-5-11-3-1-2-4-13(11)16(12)14-7-8-19-15(14)10-18/h1-8,10,17H,9H2. The maximum Gasteiger partial charge on any atom is 0.160 e. The van der Waals surface area contributed by atoms with Crippen molar-refractivity contribution < 1.29 is 9.90 Å². The number of fused-ring (bicyclic) bond motifs is 1. The summed E-state index contributed by atoms with van der Waals surface area (Å²) in [6.07, 6.45) is 0.878. The molecule has 0 aliphatic heterocycles. The Hall–Kier alpha value is -1.97. The maximum atomic E-state index is 11.1. The van der Waals surface area contributed by atoms with Gasteiger partial charge in [-0.15, -0.1) is 11.3 Å². The Morgan fingerprint density at radius 3 is 2.74 bits per heavy atom. The Kier molecular flexibility index (Phi) is 3.15. The highest BCUT2D eigenvalue weighted by molar-refractivity contribution is 7.12. The first kappa shape index (κ1) is 12.1. The number of benzene rings is 2. The molecule has 3 rings (SSSR count). The molecule has 0 radical (unpaired) electrons. The lowest BCUT2D eigenvalue weighted by Gasteiger charge is -2.11. The molecule has 1 N–H and O–H groups in total. The normalized spacial score (nSPS) is 10.8. The van der Waals surface area contributed by atoms with Crippen LogP contribution in [0.3, 0.4) is 0 Å². The number of rotatable bonds is 3. The Bertz CT molecular complexity index is 743. The lowest BCUT2D eigenvalue weighted by Crippen LogP contribution is -1.92. The zero-order valence-corrected chi connectivity index (χ0v) is 11.0. The molecule has 0 aliphatic carbocycles. The van der Waals surface area contributed by atoms with Crippen molar-refractivity contribution in [2.24, 2.45) is 0 Å². The molecule has 0 unspecified atom stereocenters. The van der Waals surface area contributed by atoms with Crippen LogP contribution in [-0.2, 0) is 6.61 Å². The number of thiophene rings is 1. The molecule has 0 spiro atoms. The zero-order valence-electron chi connectivity index (χ0n) is 10.2. The summed E-state index contributed by atoms with van der Waals surface area (Å²) in [4.78, 5) is 11.8. The summed E-state index contributed by atoms with van der Waals surface area (Å²) in [5.74, 6) is 0. The monoisotopic (exact) mass is 268 g/mol. The Morgan fingerprint density at radius 2 is 1.95 bits per heavy atom. The Balaban J connectivity index is 2.40. The molecule has 1 aromatic heterocycles. The van der Waals surface area contributed by atoms with Gasteiger partial charge in [-0.1, -0.05) is 36.4 Å². The number of carbonyl (C=O) groups excluding carboxylic acids is 1. The van der Waals surface area contributed by atoms with E-state index in [2.05, 4.69) is 0 Å². The van der Waals surface area contributed by atoms with E-state index in [1.54, 1.807) is 0 Å². The number of carbonyl (C=O) groups is 1. The molecule has 1 heterocycles. The van der Waals surface area contributed by atoms with E-state index < -0.39 is 0 Å². The van der Waals surface area contributed by atoms with Gasteiger partial charge in [-0.2, -0.15) is 0 Å². The third-order valence-corrected chi connectivity index (χ3v) is 4.10. The molecule has 2 aromatic carbocycles. The van der Waals surface area contributed by atoms with Gasteiger partial charge in [-0.3, -0.25) is 4.79 Å². The Labute approximate surface area is 114 Å². The molecule has 2 nitrogen and oxygen atoms in total. The molecule has 3 heteroatoms. The third-order valence-electron chi connectivity index (χ3n) is 3.26. The molecule has 0 aliphatic rings. The van der Waals surface area contributed by atoms with Crippen molar-refractivity contribution in [2.45, 2.75) is 6.61 Å². The zero-order chi connectivity index (χ0) is 13.2. The molecule has 19 heavy (non-hydrogen) atoms. The van der Waals surface area contributed by atoms with Gasteiger partial charge in [0.15, 0.2) is 6.29 Å². The van der Waals surface area contributed by atoms with Crippen molar-refractivity contribution in [1.82, 2.24) is 0 Å². The van der Waals surface area contributed by atoms with E-state index >= 15 is 0 Å². The average Bonchev–Trinajstić information content (AvgIpc) is 2.94. The average molecular weight is 268 g/mol. The molecule has 0 saturated heterocycles. The van der Waals surface area contributed by atoms with E-state index in [1.165, 1.54) is 11.3 Å². The molecular weight excluding hydrogens is 256 g/mol. The van der Waals surface area contributed by atoms with Gasteiger partial charge in [0.2, 0.25) is 0 Å². The predicted molar refractivity (Wildman–Crippen MR) is 78.6 cm³/mol. The van der Waals surface area contributed by atoms with E-state index in [9.17, 15) is 9.90 Å². The van der Waals surface area contributed by atoms with Crippen LogP contribution in [0.1, 0.15) is 15.2 Å². The SMILES string of the molecule is O=Cc1sccc1-c1c(CO)ccc2ccccc12. The fourth-order valence-electron chi connectivity index (χ4n) is 2.39. The second-order valence-corrected chi connectivity index (χ2v) is 5.24. The van der Waals surface area contributed by atoms with Crippen LogP contribution >= 0.6 is 11.3 Å². The second kappa shape index (κ2) is 4.96. The molecular formula is C16H12O2S. The lowest BCUT2D eigenvalue weighted by atomic mass is 9.94. The highest BCUT2D eigenvalue weighted by Crippen LogP contribution is 2.35. The van der Waals surface area contributed by atoms with Crippen molar-refractivity contribution in [3.8, 4) is 11.1 Å². The van der Waals surface area contributed by atoms with Gasteiger partial charge in [0.05, 0.1) is 11.5 Å². The van der Waals surface area contributed by atoms with Gasteiger partial charge in [-0.05, 0) is 33.3 Å². The fourth-order valence-corrected chi connectivity index (χ4v) is 3.09. The highest BCUT2D eigenvalue weighted by atomic mass is 32.1. The first-order chi connectivity index (χ1) is 9.35. The van der Waals surface area contributed by atoms with Gasteiger partial charge in [0, 0.05) is 5.56 Å². The van der Waals surface area contributed by atoms with E-state index in [0.717, 1.165) is 33.7 Å². The molecule has 0 bridgehead atoms. The number of aliphatic hydroxyl groups excluding tert-OH is 1. The van der Waals surface area contributed by atoms with Crippen LogP contribution < -0.4 is 0 Å². The van der Waals surface area contributed by atoms with E-state index in [4.69, 9.17) is 0 Å². The molecule has 0 amide bonds. The van der Waals surface area contributed by atoms with Crippen molar-refractivity contribution in [2.75, 3.05) is 0 Å².